The van der Waals surface area contributed by atoms with E-state index in [4.69, 9.17) is 14.2 Å². The Balaban J connectivity index is 2.20. The molecule has 4 nitrogen and oxygen atoms in total. The molecular weight excluding hydrogens is 460 g/mol. The summed E-state index contributed by atoms with van der Waals surface area (Å²) < 4.78 is 18.5. The van der Waals surface area contributed by atoms with Gasteiger partial charge in [-0.2, -0.15) is 0 Å². The highest BCUT2D eigenvalue weighted by atomic mass is 16.5. The van der Waals surface area contributed by atoms with E-state index in [-0.39, 0.29) is 24.1 Å². The summed E-state index contributed by atoms with van der Waals surface area (Å²) >= 11 is 0. The minimum Gasteiger partial charge on any atom is -0.491 e. The average Bonchev–Trinajstić information content (AvgIpc) is 2.89. The summed E-state index contributed by atoms with van der Waals surface area (Å²) in [7, 11) is 0. The summed E-state index contributed by atoms with van der Waals surface area (Å²) in [5.41, 5.74) is 1.45. The van der Waals surface area contributed by atoms with Crippen LogP contribution in [0.1, 0.15) is 115 Å². The van der Waals surface area contributed by atoms with Crippen molar-refractivity contribution in [2.24, 2.45) is 0 Å². The first-order chi connectivity index (χ1) is 17.9. The monoisotopic (exact) mass is 508 g/mol. The molecule has 0 fully saturated rings. The molecule has 2 rings (SSSR count). The molecular formula is C33H48O4. The van der Waals surface area contributed by atoms with E-state index in [0.717, 1.165) is 80.6 Å². The van der Waals surface area contributed by atoms with Crippen molar-refractivity contribution >= 4 is 11.9 Å². The van der Waals surface area contributed by atoms with Gasteiger partial charge in [-0.1, -0.05) is 71.4 Å². The predicted molar refractivity (Wildman–Crippen MR) is 155 cm³/mol. The molecule has 0 aromatic heterocycles. The van der Waals surface area contributed by atoms with Gasteiger partial charge < -0.3 is 14.2 Å². The lowest BCUT2D eigenvalue weighted by Gasteiger charge is -2.19. The first-order valence-corrected chi connectivity index (χ1v) is 14.3. The van der Waals surface area contributed by atoms with Crippen molar-refractivity contribution in [2.45, 2.75) is 118 Å². The second kappa shape index (κ2) is 16.9. The Morgan fingerprint density at radius 3 is 1.84 bits per heavy atom. The molecule has 0 N–H and O–H groups in total. The third-order valence-corrected chi connectivity index (χ3v) is 6.41. The minimum absolute atomic E-state index is 0.0701. The molecule has 0 aliphatic rings. The maximum absolute atomic E-state index is 13.1. The summed E-state index contributed by atoms with van der Waals surface area (Å²) in [5.74, 6) is 2.22. The fourth-order valence-electron chi connectivity index (χ4n) is 4.15. The largest absolute Gasteiger partial charge is 0.491 e. The second-order valence-electron chi connectivity index (χ2n) is 10.1. The Kier molecular flexibility index (Phi) is 13.9. The van der Waals surface area contributed by atoms with Gasteiger partial charge in [0.25, 0.3) is 0 Å². The number of carbonyl (C=O) groups excluding carboxylic acids is 1. The lowest BCUT2D eigenvalue weighted by atomic mass is 10.1. The van der Waals surface area contributed by atoms with E-state index in [1.165, 1.54) is 0 Å². The van der Waals surface area contributed by atoms with Crippen molar-refractivity contribution in [1.82, 2.24) is 0 Å². The fourth-order valence-corrected chi connectivity index (χ4v) is 4.15. The molecule has 3 unspecified atom stereocenters. The van der Waals surface area contributed by atoms with Crippen LogP contribution in [0.3, 0.4) is 0 Å². The van der Waals surface area contributed by atoms with Gasteiger partial charge in [-0.05, 0) is 82.5 Å². The third-order valence-electron chi connectivity index (χ3n) is 6.41. The van der Waals surface area contributed by atoms with Crippen LogP contribution in [0.2, 0.25) is 0 Å². The molecule has 0 amide bonds. The molecule has 37 heavy (non-hydrogen) atoms. The van der Waals surface area contributed by atoms with E-state index >= 15 is 0 Å². The standard InChI is InChI=1S/C33H48O4/c1-7-10-14-25(4)35-30-18-13-17-28(23-30)32(34)21-19-29-24-31(36-26(5)15-11-8-2)20-22-33(29)37-27(6)16-12-9-3/h13,17-27H,7-12,14-16H2,1-6H3. The molecule has 204 valence electrons. The van der Waals surface area contributed by atoms with Crippen molar-refractivity contribution in [3.05, 3.63) is 59.7 Å². The maximum Gasteiger partial charge on any atom is 0.185 e. The van der Waals surface area contributed by atoms with Gasteiger partial charge in [-0.15, -0.1) is 0 Å². The number of carbonyl (C=O) groups is 1. The Morgan fingerprint density at radius 1 is 0.730 bits per heavy atom. The van der Waals surface area contributed by atoms with Gasteiger partial charge in [0.1, 0.15) is 17.2 Å². The van der Waals surface area contributed by atoms with Gasteiger partial charge in [0.15, 0.2) is 5.78 Å². The molecule has 0 aliphatic carbocycles. The smallest absolute Gasteiger partial charge is 0.185 e. The van der Waals surface area contributed by atoms with Crippen LogP contribution in [-0.4, -0.2) is 24.1 Å². The number of ketones is 1. The summed E-state index contributed by atoms with van der Waals surface area (Å²) in [6.07, 6.45) is 13.6. The van der Waals surface area contributed by atoms with E-state index in [9.17, 15) is 4.79 Å². The summed E-state index contributed by atoms with van der Waals surface area (Å²) in [6.45, 7) is 12.8. The SMILES string of the molecule is CCCCC(C)Oc1cccc(C(=O)C=Cc2cc(OC(C)CCCC)ccc2OC(C)CCCC)c1. The van der Waals surface area contributed by atoms with Crippen LogP contribution in [-0.2, 0) is 0 Å². The first kappa shape index (κ1) is 30.5. The van der Waals surface area contributed by atoms with Crippen LogP contribution < -0.4 is 14.2 Å². The van der Waals surface area contributed by atoms with Crippen molar-refractivity contribution in [3.8, 4) is 17.2 Å². The number of hydrogen-bond donors (Lipinski definition) is 0. The average molecular weight is 509 g/mol. The second-order valence-corrected chi connectivity index (χ2v) is 10.1. The zero-order valence-electron chi connectivity index (χ0n) is 23.9. The van der Waals surface area contributed by atoms with E-state index < -0.39 is 0 Å². The molecule has 0 bridgehead atoms. The highest BCUT2D eigenvalue weighted by molar-refractivity contribution is 6.07. The Bertz CT molecular complexity index is 965. The molecule has 2 aromatic rings. The highest BCUT2D eigenvalue weighted by Gasteiger charge is 2.12. The van der Waals surface area contributed by atoms with E-state index in [0.29, 0.717) is 5.56 Å². The lowest BCUT2D eigenvalue weighted by Crippen LogP contribution is -2.13. The number of unbranched alkanes of at least 4 members (excludes halogenated alkanes) is 3. The molecule has 0 spiro atoms. The first-order valence-electron chi connectivity index (χ1n) is 14.3. The number of benzene rings is 2. The molecule has 4 heteroatoms. The van der Waals surface area contributed by atoms with Gasteiger partial charge in [-0.25, -0.2) is 0 Å². The van der Waals surface area contributed by atoms with E-state index in [1.54, 1.807) is 6.08 Å². The van der Waals surface area contributed by atoms with Crippen LogP contribution in [0.15, 0.2) is 48.5 Å². The molecule has 0 radical (unpaired) electrons. The summed E-state index contributed by atoms with van der Waals surface area (Å²) in [6, 6.07) is 13.3. The van der Waals surface area contributed by atoms with Crippen LogP contribution in [0.4, 0.5) is 0 Å². The third kappa shape index (κ3) is 11.5. The Morgan fingerprint density at radius 2 is 1.27 bits per heavy atom. The molecule has 0 aliphatic heterocycles. The Hall–Kier alpha value is -2.75. The number of allylic oxidation sites excluding steroid dienone is 1. The Labute approximate surface area is 225 Å². The topological polar surface area (TPSA) is 44.8 Å². The number of rotatable bonds is 18. The highest BCUT2D eigenvalue weighted by Crippen LogP contribution is 2.29. The van der Waals surface area contributed by atoms with Crippen LogP contribution >= 0.6 is 0 Å². The normalized spacial score (nSPS) is 13.8. The molecule has 3 atom stereocenters. The van der Waals surface area contributed by atoms with E-state index in [1.807, 2.05) is 48.5 Å². The lowest BCUT2D eigenvalue weighted by molar-refractivity contribution is 0.104. The van der Waals surface area contributed by atoms with Gasteiger partial charge in [0.2, 0.25) is 0 Å². The maximum atomic E-state index is 13.1. The zero-order chi connectivity index (χ0) is 27.0. The van der Waals surface area contributed by atoms with Crippen molar-refractivity contribution in [2.75, 3.05) is 0 Å². The van der Waals surface area contributed by atoms with Gasteiger partial charge in [-0.3, -0.25) is 4.79 Å². The molecule has 0 saturated heterocycles. The molecule has 0 heterocycles. The molecule has 2 aromatic carbocycles. The quantitative estimate of drug-likeness (QED) is 0.149. The van der Waals surface area contributed by atoms with Crippen molar-refractivity contribution in [1.29, 1.82) is 0 Å². The zero-order valence-corrected chi connectivity index (χ0v) is 23.9. The summed E-state index contributed by atoms with van der Waals surface area (Å²) in [5, 5.41) is 0. The van der Waals surface area contributed by atoms with Crippen LogP contribution in [0.25, 0.3) is 6.08 Å². The predicted octanol–water partition coefficient (Wildman–Crippen LogP) is 9.46. The van der Waals surface area contributed by atoms with Crippen LogP contribution in [0.5, 0.6) is 17.2 Å². The van der Waals surface area contributed by atoms with Gasteiger partial charge >= 0.3 is 0 Å². The summed E-state index contributed by atoms with van der Waals surface area (Å²) in [4.78, 5) is 13.1. The van der Waals surface area contributed by atoms with Crippen LogP contribution in [0, 0.1) is 0 Å². The number of ether oxygens (including phenoxy) is 3. The van der Waals surface area contributed by atoms with Gasteiger partial charge in [0, 0.05) is 11.1 Å². The minimum atomic E-state index is -0.0701. The molecule has 0 saturated carbocycles. The van der Waals surface area contributed by atoms with Gasteiger partial charge in [0.05, 0.1) is 18.3 Å². The van der Waals surface area contributed by atoms with Crippen molar-refractivity contribution < 1.29 is 19.0 Å². The van der Waals surface area contributed by atoms with Crippen molar-refractivity contribution in [3.63, 3.8) is 0 Å². The fraction of sp³-hybridized carbons (Fsp3) is 0.545. The number of hydrogen-bond acceptors (Lipinski definition) is 4. The van der Waals surface area contributed by atoms with E-state index in [2.05, 4.69) is 41.5 Å².